The predicted octanol–water partition coefficient (Wildman–Crippen LogP) is 3.87. The molecule has 90 valence electrons. The maximum absolute atomic E-state index is 5.88. The van der Waals surface area contributed by atoms with Gasteiger partial charge < -0.3 is 5.73 Å². The number of rotatable bonds is 5. The van der Waals surface area contributed by atoms with Crippen molar-refractivity contribution in [3.8, 4) is 0 Å². The molecule has 0 saturated carbocycles. The van der Waals surface area contributed by atoms with Gasteiger partial charge in [0.1, 0.15) is 0 Å². The first kappa shape index (κ1) is 12.8. The van der Waals surface area contributed by atoms with Crippen LogP contribution in [0.25, 0.3) is 0 Å². The first-order chi connectivity index (χ1) is 8.29. The Balaban J connectivity index is 2.00. The summed E-state index contributed by atoms with van der Waals surface area (Å²) in [5.41, 5.74) is 7.25. The van der Waals surface area contributed by atoms with Crippen molar-refractivity contribution < 1.29 is 0 Å². The fraction of sp³-hybridized carbons (Fsp3) is 0.286. The second-order valence-electron chi connectivity index (χ2n) is 4.19. The summed E-state index contributed by atoms with van der Waals surface area (Å²) in [6.07, 6.45) is 2.12. The lowest BCUT2D eigenvalue weighted by atomic mass is 9.96. The van der Waals surface area contributed by atoms with Crippen molar-refractivity contribution in [2.75, 3.05) is 6.54 Å². The van der Waals surface area contributed by atoms with Crippen LogP contribution < -0.4 is 5.73 Å². The van der Waals surface area contributed by atoms with E-state index in [1.807, 2.05) is 0 Å². The van der Waals surface area contributed by atoms with E-state index in [-0.39, 0.29) is 0 Å². The van der Waals surface area contributed by atoms with Gasteiger partial charge in [0.05, 0.1) is 0 Å². The monoisotopic (exact) mass is 309 g/mol. The number of nitrogens with two attached hydrogens (primary N) is 1. The molecule has 0 amide bonds. The maximum atomic E-state index is 5.88. The molecule has 1 nitrogen and oxygen atoms in total. The number of hydrogen-bond acceptors (Lipinski definition) is 2. The van der Waals surface area contributed by atoms with Crippen molar-refractivity contribution in [3.63, 3.8) is 0 Å². The van der Waals surface area contributed by atoms with E-state index in [1.54, 1.807) is 11.3 Å². The topological polar surface area (TPSA) is 26.0 Å². The average molecular weight is 310 g/mol. The lowest BCUT2D eigenvalue weighted by Gasteiger charge is -2.14. The second-order valence-corrected chi connectivity index (χ2v) is 6.04. The summed E-state index contributed by atoms with van der Waals surface area (Å²) in [6.45, 7) is 0.735. The molecule has 1 aromatic carbocycles. The zero-order valence-corrected chi connectivity index (χ0v) is 12.0. The van der Waals surface area contributed by atoms with E-state index in [2.05, 4.69) is 57.7 Å². The van der Waals surface area contributed by atoms with Crippen molar-refractivity contribution in [2.45, 2.75) is 12.8 Å². The van der Waals surface area contributed by atoms with Crippen molar-refractivity contribution in [1.82, 2.24) is 0 Å². The van der Waals surface area contributed by atoms with Crippen LogP contribution >= 0.6 is 27.3 Å². The van der Waals surface area contributed by atoms with Crippen molar-refractivity contribution in [2.24, 2.45) is 11.7 Å². The van der Waals surface area contributed by atoms with Gasteiger partial charge in [-0.2, -0.15) is 0 Å². The van der Waals surface area contributed by atoms with E-state index in [1.165, 1.54) is 14.9 Å². The number of hydrogen-bond donors (Lipinski definition) is 1. The van der Waals surface area contributed by atoms with Gasteiger partial charge in [0.15, 0.2) is 0 Å². The molecule has 0 bridgehead atoms. The molecule has 2 rings (SSSR count). The standard InChI is InChI=1S/C14H16BrNS/c15-13-6-7-17-14(13)9-12(10-16)8-11-4-2-1-3-5-11/h1-7,12H,8-10,16H2. The summed E-state index contributed by atoms with van der Waals surface area (Å²) in [5.74, 6) is 0.521. The van der Waals surface area contributed by atoms with E-state index >= 15 is 0 Å². The van der Waals surface area contributed by atoms with E-state index in [9.17, 15) is 0 Å². The smallest absolute Gasteiger partial charge is 0.0314 e. The number of thiophene rings is 1. The highest BCUT2D eigenvalue weighted by Crippen LogP contribution is 2.26. The zero-order chi connectivity index (χ0) is 12.1. The summed E-state index contributed by atoms with van der Waals surface area (Å²) < 4.78 is 1.22. The van der Waals surface area contributed by atoms with Crippen LogP contribution in [0, 0.1) is 5.92 Å². The summed E-state index contributed by atoms with van der Waals surface area (Å²) in [5, 5.41) is 2.12. The van der Waals surface area contributed by atoms with Gasteiger partial charge in [-0.1, -0.05) is 30.3 Å². The number of halogens is 1. The average Bonchev–Trinajstić information content (AvgIpc) is 2.75. The largest absolute Gasteiger partial charge is 0.330 e. The maximum Gasteiger partial charge on any atom is 0.0314 e. The molecule has 0 saturated heterocycles. The third-order valence-corrected chi connectivity index (χ3v) is 4.81. The molecule has 2 N–H and O–H groups in total. The Kier molecular flexibility index (Phi) is 4.77. The summed E-state index contributed by atoms with van der Waals surface area (Å²) in [6, 6.07) is 12.7. The quantitative estimate of drug-likeness (QED) is 0.891. The van der Waals surface area contributed by atoms with Gasteiger partial charge in [-0.05, 0) is 58.2 Å². The van der Waals surface area contributed by atoms with E-state index in [4.69, 9.17) is 5.73 Å². The SMILES string of the molecule is NCC(Cc1ccccc1)Cc1sccc1Br. The van der Waals surface area contributed by atoms with Crippen molar-refractivity contribution >= 4 is 27.3 Å². The first-order valence-corrected chi connectivity index (χ1v) is 7.42. The molecule has 0 aliphatic carbocycles. The fourth-order valence-corrected chi connectivity index (χ4v) is 3.55. The molecule has 1 heterocycles. The Morgan fingerprint density at radius 2 is 1.88 bits per heavy atom. The molecule has 1 unspecified atom stereocenters. The third kappa shape index (κ3) is 3.66. The van der Waals surface area contributed by atoms with Crippen molar-refractivity contribution in [1.29, 1.82) is 0 Å². The van der Waals surface area contributed by atoms with E-state index in [0.29, 0.717) is 5.92 Å². The summed E-state index contributed by atoms with van der Waals surface area (Å²) in [7, 11) is 0. The second kappa shape index (κ2) is 6.34. The fourth-order valence-electron chi connectivity index (χ4n) is 1.92. The highest BCUT2D eigenvalue weighted by Gasteiger charge is 2.11. The molecule has 0 aliphatic heterocycles. The van der Waals surface area contributed by atoms with Gasteiger partial charge in [0.2, 0.25) is 0 Å². The predicted molar refractivity (Wildman–Crippen MR) is 78.4 cm³/mol. The molecular formula is C14H16BrNS. The minimum atomic E-state index is 0.521. The van der Waals surface area contributed by atoms with Gasteiger partial charge in [-0.3, -0.25) is 0 Å². The van der Waals surface area contributed by atoms with E-state index < -0.39 is 0 Å². The molecule has 3 heteroatoms. The summed E-state index contributed by atoms with van der Waals surface area (Å²) >= 11 is 5.38. The van der Waals surface area contributed by atoms with Gasteiger partial charge in [-0.15, -0.1) is 11.3 Å². The van der Waals surface area contributed by atoms with Crippen LogP contribution in [0.2, 0.25) is 0 Å². The Bertz CT molecular complexity index is 452. The minimum Gasteiger partial charge on any atom is -0.330 e. The van der Waals surface area contributed by atoms with Crippen LogP contribution in [0.15, 0.2) is 46.3 Å². The third-order valence-electron chi connectivity index (χ3n) is 2.87. The van der Waals surface area contributed by atoms with Crippen LogP contribution in [0.5, 0.6) is 0 Å². The van der Waals surface area contributed by atoms with Crippen LogP contribution in [-0.2, 0) is 12.8 Å². The normalized spacial score (nSPS) is 12.6. The van der Waals surface area contributed by atoms with Crippen LogP contribution in [0.4, 0.5) is 0 Å². The van der Waals surface area contributed by atoms with Crippen molar-refractivity contribution in [3.05, 3.63) is 56.7 Å². The Morgan fingerprint density at radius 3 is 2.47 bits per heavy atom. The van der Waals surface area contributed by atoms with Crippen LogP contribution in [-0.4, -0.2) is 6.54 Å². The van der Waals surface area contributed by atoms with Gasteiger partial charge in [0, 0.05) is 9.35 Å². The van der Waals surface area contributed by atoms with Gasteiger partial charge >= 0.3 is 0 Å². The lowest BCUT2D eigenvalue weighted by Crippen LogP contribution is -2.19. The van der Waals surface area contributed by atoms with Crippen LogP contribution in [0.1, 0.15) is 10.4 Å². The molecule has 17 heavy (non-hydrogen) atoms. The van der Waals surface area contributed by atoms with Crippen LogP contribution in [0.3, 0.4) is 0 Å². The molecule has 1 aromatic heterocycles. The highest BCUT2D eigenvalue weighted by atomic mass is 79.9. The Hall–Kier alpha value is -0.640. The molecule has 2 aromatic rings. The molecule has 1 atom stereocenters. The Labute approximate surface area is 115 Å². The molecule has 0 spiro atoms. The highest BCUT2D eigenvalue weighted by molar-refractivity contribution is 9.10. The molecular weight excluding hydrogens is 294 g/mol. The molecule has 0 radical (unpaired) electrons. The Morgan fingerprint density at radius 1 is 1.12 bits per heavy atom. The molecule has 0 aliphatic rings. The minimum absolute atomic E-state index is 0.521. The van der Waals surface area contributed by atoms with Gasteiger partial charge in [-0.25, -0.2) is 0 Å². The van der Waals surface area contributed by atoms with E-state index in [0.717, 1.165) is 19.4 Å². The molecule has 0 fully saturated rings. The summed E-state index contributed by atoms with van der Waals surface area (Å²) in [4.78, 5) is 1.40. The zero-order valence-electron chi connectivity index (χ0n) is 9.60. The number of benzene rings is 1. The lowest BCUT2D eigenvalue weighted by molar-refractivity contribution is 0.537. The first-order valence-electron chi connectivity index (χ1n) is 5.75. The van der Waals surface area contributed by atoms with Gasteiger partial charge in [0.25, 0.3) is 0 Å².